The normalized spacial score (nSPS) is 11.0. The minimum Gasteiger partial charge on any atom is -0.326 e. The summed E-state index contributed by atoms with van der Waals surface area (Å²) in [6, 6.07) is 6.54. The van der Waals surface area contributed by atoms with Gasteiger partial charge in [-0.1, -0.05) is 22.7 Å². The molecular formula is C10H14N2O4S. The predicted octanol–water partition coefficient (Wildman–Crippen LogP) is 0.389. The second-order valence-corrected chi connectivity index (χ2v) is 5.20. The summed E-state index contributed by atoms with van der Waals surface area (Å²) in [4.78, 5) is 15.6. The SMILES string of the molecule is CC(=O)ON(c1ccccc1CN)S(C)(=O)=O. The number of hydrogen-bond donors (Lipinski definition) is 1. The number of para-hydroxylation sites is 1. The highest BCUT2D eigenvalue weighted by molar-refractivity contribution is 7.91. The third-order valence-corrected chi connectivity index (χ3v) is 2.79. The summed E-state index contributed by atoms with van der Waals surface area (Å²) in [6.45, 7) is 1.27. The lowest BCUT2D eigenvalue weighted by molar-refractivity contribution is -0.140. The van der Waals surface area contributed by atoms with Crippen molar-refractivity contribution in [3.05, 3.63) is 29.8 Å². The molecule has 0 aliphatic carbocycles. The molecule has 0 aliphatic rings. The molecule has 1 aromatic rings. The van der Waals surface area contributed by atoms with Gasteiger partial charge in [-0.15, -0.1) is 0 Å². The average Bonchev–Trinajstić information content (AvgIpc) is 2.24. The van der Waals surface area contributed by atoms with Gasteiger partial charge in [0.05, 0.1) is 11.9 Å². The highest BCUT2D eigenvalue weighted by atomic mass is 32.2. The first-order valence-corrected chi connectivity index (χ1v) is 6.68. The number of rotatable bonds is 4. The van der Waals surface area contributed by atoms with E-state index in [2.05, 4.69) is 0 Å². The zero-order chi connectivity index (χ0) is 13.1. The van der Waals surface area contributed by atoms with Gasteiger partial charge in [0.1, 0.15) is 0 Å². The van der Waals surface area contributed by atoms with Crippen LogP contribution in [0.15, 0.2) is 24.3 Å². The number of carbonyl (C=O) groups excluding carboxylic acids is 1. The van der Waals surface area contributed by atoms with Gasteiger partial charge in [0.15, 0.2) is 0 Å². The third-order valence-electron chi connectivity index (χ3n) is 1.92. The lowest BCUT2D eigenvalue weighted by Gasteiger charge is -2.21. The van der Waals surface area contributed by atoms with Crippen LogP contribution in [0.2, 0.25) is 0 Å². The molecule has 94 valence electrons. The molecule has 0 heterocycles. The first kappa shape index (κ1) is 13.5. The van der Waals surface area contributed by atoms with Gasteiger partial charge >= 0.3 is 5.97 Å². The van der Waals surface area contributed by atoms with E-state index in [1.807, 2.05) is 0 Å². The molecule has 2 N–H and O–H groups in total. The molecular weight excluding hydrogens is 244 g/mol. The average molecular weight is 258 g/mol. The topological polar surface area (TPSA) is 89.7 Å². The van der Waals surface area contributed by atoms with Crippen LogP contribution >= 0.6 is 0 Å². The largest absolute Gasteiger partial charge is 0.330 e. The van der Waals surface area contributed by atoms with Gasteiger partial charge in [-0.3, -0.25) is 0 Å². The smallest absolute Gasteiger partial charge is 0.326 e. The molecule has 0 atom stereocenters. The Bertz CT molecular complexity index is 513. The maximum Gasteiger partial charge on any atom is 0.330 e. The van der Waals surface area contributed by atoms with E-state index < -0.39 is 16.0 Å². The Balaban J connectivity index is 3.27. The summed E-state index contributed by atoms with van der Waals surface area (Å²) in [5, 5.41) is 0. The van der Waals surface area contributed by atoms with Crippen molar-refractivity contribution in [2.24, 2.45) is 5.73 Å². The van der Waals surface area contributed by atoms with Crippen molar-refractivity contribution in [3.8, 4) is 0 Å². The van der Waals surface area contributed by atoms with E-state index >= 15 is 0 Å². The fraction of sp³-hybridized carbons (Fsp3) is 0.300. The van der Waals surface area contributed by atoms with Crippen LogP contribution in [0.5, 0.6) is 0 Å². The molecule has 0 unspecified atom stereocenters. The number of benzene rings is 1. The van der Waals surface area contributed by atoms with Crippen LogP contribution in [-0.2, 0) is 26.2 Å². The van der Waals surface area contributed by atoms with Crippen LogP contribution in [0, 0.1) is 0 Å². The number of carbonyl (C=O) groups is 1. The van der Waals surface area contributed by atoms with E-state index in [1.54, 1.807) is 18.2 Å². The number of nitrogens with two attached hydrogens (primary N) is 1. The number of nitrogens with zero attached hydrogens (tertiary/aromatic N) is 1. The number of hydrogen-bond acceptors (Lipinski definition) is 5. The standard InChI is InChI=1S/C10H14N2O4S/c1-8(13)16-12(17(2,14)15)10-6-4-3-5-9(10)7-11/h3-6H,7,11H2,1-2H3. The van der Waals surface area contributed by atoms with Gasteiger partial charge in [0.25, 0.3) is 10.0 Å². The fourth-order valence-electron chi connectivity index (χ4n) is 1.27. The van der Waals surface area contributed by atoms with Crippen LogP contribution in [0.3, 0.4) is 0 Å². The van der Waals surface area contributed by atoms with Gasteiger partial charge < -0.3 is 10.6 Å². The molecule has 7 heteroatoms. The Kier molecular flexibility index (Phi) is 4.08. The summed E-state index contributed by atoms with van der Waals surface area (Å²) in [5.41, 5.74) is 6.31. The predicted molar refractivity (Wildman–Crippen MR) is 63.4 cm³/mol. The summed E-state index contributed by atoms with van der Waals surface area (Å²) in [7, 11) is -3.71. The Labute approximate surface area is 100.0 Å². The molecule has 0 spiro atoms. The zero-order valence-electron chi connectivity index (χ0n) is 9.58. The van der Waals surface area contributed by atoms with Gasteiger partial charge in [0, 0.05) is 13.5 Å². The van der Waals surface area contributed by atoms with Gasteiger partial charge in [-0.2, -0.15) is 0 Å². The minimum absolute atomic E-state index is 0.142. The molecule has 0 bridgehead atoms. The summed E-state index contributed by atoms with van der Waals surface area (Å²) < 4.78 is 23.7. The van der Waals surface area contributed by atoms with E-state index in [9.17, 15) is 13.2 Å². The van der Waals surface area contributed by atoms with E-state index in [0.29, 0.717) is 10.0 Å². The molecule has 1 rings (SSSR count). The molecule has 0 aliphatic heterocycles. The van der Waals surface area contributed by atoms with Crippen LogP contribution < -0.4 is 10.2 Å². The van der Waals surface area contributed by atoms with E-state index in [0.717, 1.165) is 13.2 Å². The third kappa shape index (κ3) is 3.43. The second-order valence-electron chi connectivity index (χ2n) is 3.41. The molecule has 6 nitrogen and oxygen atoms in total. The van der Waals surface area contributed by atoms with Crippen LogP contribution in [0.1, 0.15) is 12.5 Å². The van der Waals surface area contributed by atoms with E-state index in [-0.39, 0.29) is 12.2 Å². The van der Waals surface area contributed by atoms with Crippen LogP contribution in [0.25, 0.3) is 0 Å². The summed E-state index contributed by atoms with van der Waals surface area (Å²) >= 11 is 0. The Morgan fingerprint density at radius 1 is 1.41 bits per heavy atom. The molecule has 1 aromatic carbocycles. The van der Waals surface area contributed by atoms with Crippen molar-refractivity contribution in [2.75, 3.05) is 10.7 Å². The van der Waals surface area contributed by atoms with Crippen molar-refractivity contribution in [1.82, 2.24) is 0 Å². The van der Waals surface area contributed by atoms with Gasteiger partial charge in [0.2, 0.25) is 0 Å². The lowest BCUT2D eigenvalue weighted by atomic mass is 10.2. The van der Waals surface area contributed by atoms with E-state index in [1.165, 1.54) is 6.07 Å². The molecule has 0 saturated heterocycles. The molecule has 17 heavy (non-hydrogen) atoms. The first-order valence-electron chi connectivity index (χ1n) is 4.83. The monoisotopic (exact) mass is 258 g/mol. The Morgan fingerprint density at radius 2 is 2.00 bits per heavy atom. The van der Waals surface area contributed by atoms with Crippen molar-refractivity contribution < 1.29 is 18.0 Å². The van der Waals surface area contributed by atoms with Crippen molar-refractivity contribution >= 4 is 21.7 Å². The molecule has 0 radical (unpaired) electrons. The first-order chi connectivity index (χ1) is 7.86. The quantitative estimate of drug-likeness (QED) is 0.789. The van der Waals surface area contributed by atoms with Crippen molar-refractivity contribution in [2.45, 2.75) is 13.5 Å². The molecule has 0 aromatic heterocycles. The minimum atomic E-state index is -3.71. The molecule has 0 fully saturated rings. The summed E-state index contributed by atoms with van der Waals surface area (Å²) in [6.07, 6.45) is 0.948. The van der Waals surface area contributed by atoms with Gasteiger partial charge in [-0.25, -0.2) is 13.2 Å². The van der Waals surface area contributed by atoms with Gasteiger partial charge in [-0.05, 0) is 11.6 Å². The maximum absolute atomic E-state index is 11.5. The van der Waals surface area contributed by atoms with Crippen molar-refractivity contribution in [3.63, 3.8) is 0 Å². The Hall–Kier alpha value is -1.60. The number of sulfonamides is 1. The lowest BCUT2D eigenvalue weighted by Crippen LogP contribution is -2.32. The molecule has 0 amide bonds. The fourth-order valence-corrected chi connectivity index (χ4v) is 2.05. The highest BCUT2D eigenvalue weighted by Gasteiger charge is 2.23. The van der Waals surface area contributed by atoms with E-state index in [4.69, 9.17) is 10.6 Å². The Morgan fingerprint density at radius 3 is 2.47 bits per heavy atom. The van der Waals surface area contributed by atoms with Crippen molar-refractivity contribution in [1.29, 1.82) is 0 Å². The summed E-state index contributed by atoms with van der Waals surface area (Å²) in [5.74, 6) is -0.720. The zero-order valence-corrected chi connectivity index (χ0v) is 10.4. The second kappa shape index (κ2) is 5.15. The molecule has 0 saturated carbocycles. The number of anilines is 1. The van der Waals surface area contributed by atoms with Crippen LogP contribution in [0.4, 0.5) is 5.69 Å². The maximum atomic E-state index is 11.5. The van der Waals surface area contributed by atoms with Crippen LogP contribution in [-0.4, -0.2) is 20.6 Å². The highest BCUT2D eigenvalue weighted by Crippen LogP contribution is 2.22.